The first kappa shape index (κ1) is 16.8. The van der Waals surface area contributed by atoms with Crippen LogP contribution in [-0.2, 0) is 0 Å². The zero-order valence-electron chi connectivity index (χ0n) is 12.4. The number of alkyl halides is 2. The number of hydrogen-bond acceptors (Lipinski definition) is 1. The Bertz CT molecular complexity index is 670. The van der Waals surface area contributed by atoms with E-state index in [4.69, 9.17) is 0 Å². The molecule has 1 heterocycles. The van der Waals surface area contributed by atoms with E-state index in [1.165, 1.54) is 17.7 Å². The molecule has 0 aliphatic heterocycles. The highest BCUT2D eigenvalue weighted by molar-refractivity contribution is 5.63. The van der Waals surface area contributed by atoms with Crippen molar-refractivity contribution < 1.29 is 8.78 Å². The highest BCUT2D eigenvalue weighted by Gasteiger charge is 2.08. The molecule has 1 aromatic heterocycles. The monoisotopic (exact) mass is 291 g/mol. The summed E-state index contributed by atoms with van der Waals surface area (Å²) in [5, 5.41) is 0. The maximum atomic E-state index is 12.4. The van der Waals surface area contributed by atoms with Crippen molar-refractivity contribution in [2.45, 2.75) is 27.3 Å². The molecular formula is C17H19F2NO. The van der Waals surface area contributed by atoms with Gasteiger partial charge >= 0.3 is 6.55 Å². The molecule has 21 heavy (non-hydrogen) atoms. The summed E-state index contributed by atoms with van der Waals surface area (Å²) < 4.78 is 25.2. The Balaban J connectivity index is 0.000000491. The summed E-state index contributed by atoms with van der Waals surface area (Å²) in [6.45, 7) is 6.64. The summed E-state index contributed by atoms with van der Waals surface area (Å²) in [6.07, 6.45) is 1.12. The number of nitrogens with zero attached hydrogens (tertiary/aromatic N) is 1. The Kier molecular flexibility index (Phi) is 6.03. The zero-order chi connectivity index (χ0) is 16.0. The SMILES string of the molecule is C=C(C)C.Cc1cccc(-c2ccn(C(F)F)c(=O)c2)c1. The Morgan fingerprint density at radius 3 is 2.19 bits per heavy atom. The molecule has 0 radical (unpaired) electrons. The molecule has 0 saturated carbocycles. The molecule has 0 saturated heterocycles. The molecule has 0 aliphatic carbocycles. The normalized spacial score (nSPS) is 10.0. The highest BCUT2D eigenvalue weighted by atomic mass is 19.3. The van der Waals surface area contributed by atoms with Crippen LogP contribution < -0.4 is 5.56 Å². The van der Waals surface area contributed by atoms with Crippen molar-refractivity contribution in [3.05, 3.63) is 70.7 Å². The third-order valence-corrected chi connectivity index (χ3v) is 2.51. The molecule has 0 fully saturated rings. The van der Waals surface area contributed by atoms with Gasteiger partial charge in [-0.25, -0.2) is 0 Å². The van der Waals surface area contributed by atoms with Gasteiger partial charge in [0.15, 0.2) is 0 Å². The van der Waals surface area contributed by atoms with Crippen LogP contribution in [0.3, 0.4) is 0 Å². The number of pyridine rings is 1. The predicted molar refractivity (Wildman–Crippen MR) is 82.6 cm³/mol. The molecule has 0 atom stereocenters. The minimum Gasteiger partial charge on any atom is -0.269 e. The fraction of sp³-hybridized carbons (Fsp3) is 0.235. The summed E-state index contributed by atoms with van der Waals surface area (Å²) in [7, 11) is 0. The summed E-state index contributed by atoms with van der Waals surface area (Å²) in [5.41, 5.74) is 3.03. The van der Waals surface area contributed by atoms with E-state index in [0.29, 0.717) is 10.1 Å². The number of rotatable bonds is 2. The van der Waals surface area contributed by atoms with Crippen LogP contribution in [0.1, 0.15) is 26.0 Å². The first-order valence-electron chi connectivity index (χ1n) is 6.50. The third kappa shape index (κ3) is 5.34. The van der Waals surface area contributed by atoms with Gasteiger partial charge in [0.05, 0.1) is 0 Å². The molecular weight excluding hydrogens is 272 g/mol. The minimum atomic E-state index is -2.80. The number of aryl methyl sites for hydroxylation is 1. The lowest BCUT2D eigenvalue weighted by Gasteiger charge is -2.06. The summed E-state index contributed by atoms with van der Waals surface area (Å²) in [5.74, 6) is 0. The lowest BCUT2D eigenvalue weighted by atomic mass is 10.1. The second kappa shape index (κ2) is 7.53. The van der Waals surface area contributed by atoms with Gasteiger partial charge in [-0.1, -0.05) is 35.4 Å². The van der Waals surface area contributed by atoms with E-state index in [9.17, 15) is 13.6 Å². The van der Waals surface area contributed by atoms with Crippen LogP contribution in [0.4, 0.5) is 8.78 Å². The Morgan fingerprint density at radius 2 is 1.71 bits per heavy atom. The fourth-order valence-electron chi connectivity index (χ4n) is 1.66. The molecule has 0 N–H and O–H groups in total. The second-order valence-electron chi connectivity index (χ2n) is 5.02. The summed E-state index contributed by atoms with van der Waals surface area (Å²) in [4.78, 5) is 11.4. The molecule has 4 heteroatoms. The van der Waals surface area contributed by atoms with Gasteiger partial charge in [-0.2, -0.15) is 8.78 Å². The maximum absolute atomic E-state index is 12.4. The van der Waals surface area contributed by atoms with E-state index in [0.717, 1.165) is 17.3 Å². The topological polar surface area (TPSA) is 22.0 Å². The first-order valence-corrected chi connectivity index (χ1v) is 6.50. The average Bonchev–Trinajstić information content (AvgIpc) is 2.37. The smallest absolute Gasteiger partial charge is 0.269 e. The van der Waals surface area contributed by atoms with Crippen LogP contribution in [0.15, 0.2) is 59.5 Å². The maximum Gasteiger partial charge on any atom is 0.321 e. The van der Waals surface area contributed by atoms with Crippen LogP contribution >= 0.6 is 0 Å². The van der Waals surface area contributed by atoms with E-state index in [-0.39, 0.29) is 0 Å². The second-order valence-corrected chi connectivity index (χ2v) is 5.02. The molecule has 112 valence electrons. The molecule has 2 rings (SSSR count). The van der Waals surface area contributed by atoms with Crippen LogP contribution in [0, 0.1) is 6.92 Å². The average molecular weight is 291 g/mol. The van der Waals surface area contributed by atoms with Gasteiger partial charge in [-0.3, -0.25) is 9.36 Å². The van der Waals surface area contributed by atoms with E-state index in [1.807, 2.05) is 45.0 Å². The Morgan fingerprint density at radius 1 is 1.14 bits per heavy atom. The lowest BCUT2D eigenvalue weighted by Crippen LogP contribution is -2.18. The fourth-order valence-corrected chi connectivity index (χ4v) is 1.66. The quantitative estimate of drug-likeness (QED) is 0.728. The Labute approximate surface area is 123 Å². The van der Waals surface area contributed by atoms with E-state index >= 15 is 0 Å². The minimum absolute atomic E-state index is 0.402. The Hall–Kier alpha value is -2.23. The molecule has 2 aromatic rings. The molecule has 0 spiro atoms. The van der Waals surface area contributed by atoms with Crippen molar-refractivity contribution in [3.63, 3.8) is 0 Å². The van der Waals surface area contributed by atoms with Crippen LogP contribution in [0.5, 0.6) is 0 Å². The van der Waals surface area contributed by atoms with Crippen molar-refractivity contribution in [1.29, 1.82) is 0 Å². The van der Waals surface area contributed by atoms with Crippen LogP contribution in [0.2, 0.25) is 0 Å². The predicted octanol–water partition coefficient (Wildman–Crippen LogP) is 4.80. The van der Waals surface area contributed by atoms with E-state index < -0.39 is 12.1 Å². The van der Waals surface area contributed by atoms with Gasteiger partial charge in [-0.15, -0.1) is 6.58 Å². The van der Waals surface area contributed by atoms with E-state index in [2.05, 4.69) is 6.58 Å². The van der Waals surface area contributed by atoms with Gasteiger partial charge in [0.2, 0.25) is 0 Å². The molecule has 0 unspecified atom stereocenters. The number of benzene rings is 1. The zero-order valence-corrected chi connectivity index (χ0v) is 12.4. The molecule has 1 aromatic carbocycles. The molecule has 0 amide bonds. The van der Waals surface area contributed by atoms with Crippen LogP contribution in [-0.4, -0.2) is 4.57 Å². The number of aromatic nitrogens is 1. The lowest BCUT2D eigenvalue weighted by molar-refractivity contribution is 0.0664. The standard InChI is InChI=1S/C13H11F2NO.C4H8/c1-9-3-2-4-10(7-9)11-5-6-16(13(14)15)12(17)8-11;1-4(2)3/h2-8,13H,1H3;1H2,2-3H3. The van der Waals surface area contributed by atoms with Crippen molar-refractivity contribution in [1.82, 2.24) is 4.57 Å². The number of halogens is 2. The van der Waals surface area contributed by atoms with Crippen molar-refractivity contribution in [2.75, 3.05) is 0 Å². The van der Waals surface area contributed by atoms with Crippen LogP contribution in [0.25, 0.3) is 11.1 Å². The van der Waals surface area contributed by atoms with Crippen molar-refractivity contribution >= 4 is 0 Å². The number of allylic oxidation sites excluding steroid dienone is 1. The first-order chi connectivity index (χ1) is 9.81. The van der Waals surface area contributed by atoms with Crippen molar-refractivity contribution in [2.24, 2.45) is 0 Å². The van der Waals surface area contributed by atoms with Gasteiger partial charge in [-0.05, 0) is 38.0 Å². The molecule has 0 aliphatic rings. The highest BCUT2D eigenvalue weighted by Crippen LogP contribution is 2.19. The summed E-state index contributed by atoms with van der Waals surface area (Å²) in [6, 6.07) is 10.3. The van der Waals surface area contributed by atoms with Gasteiger partial charge in [0, 0.05) is 12.3 Å². The van der Waals surface area contributed by atoms with Crippen molar-refractivity contribution in [3.8, 4) is 11.1 Å². The number of hydrogen-bond donors (Lipinski definition) is 0. The van der Waals surface area contributed by atoms with E-state index in [1.54, 1.807) is 0 Å². The summed E-state index contributed by atoms with van der Waals surface area (Å²) >= 11 is 0. The molecule has 0 bridgehead atoms. The van der Waals surface area contributed by atoms with Gasteiger partial charge in [0.25, 0.3) is 5.56 Å². The molecule has 2 nitrogen and oxygen atoms in total. The van der Waals surface area contributed by atoms with Gasteiger partial charge < -0.3 is 0 Å². The third-order valence-electron chi connectivity index (χ3n) is 2.51. The van der Waals surface area contributed by atoms with Gasteiger partial charge in [0.1, 0.15) is 0 Å². The largest absolute Gasteiger partial charge is 0.321 e.